The van der Waals surface area contributed by atoms with Crippen LogP contribution in [0.2, 0.25) is 0 Å². The molecule has 0 atom stereocenters. The maximum absolute atomic E-state index is 5.00. The number of methoxy groups -OCH3 is 2. The number of hydrogen-bond donors (Lipinski definition) is 1. The van der Waals surface area contributed by atoms with Crippen molar-refractivity contribution in [3.63, 3.8) is 0 Å². The fourth-order valence-corrected chi connectivity index (χ4v) is 1.52. The van der Waals surface area contributed by atoms with Crippen LogP contribution in [0.1, 0.15) is 0 Å². The van der Waals surface area contributed by atoms with Crippen molar-refractivity contribution in [1.82, 2.24) is 20.3 Å². The second kappa shape index (κ2) is 4.93. The van der Waals surface area contributed by atoms with Gasteiger partial charge in [-0.05, 0) is 0 Å². The third-order valence-corrected chi connectivity index (χ3v) is 2.35. The van der Waals surface area contributed by atoms with Crippen LogP contribution in [0.3, 0.4) is 0 Å². The normalized spacial score (nSPS) is 16.0. The predicted molar refractivity (Wildman–Crippen MR) is 58.0 cm³/mol. The minimum atomic E-state index is 0.278. The Morgan fingerprint density at radius 2 is 1.56 bits per heavy atom. The molecule has 0 bridgehead atoms. The number of nitrogens with one attached hydrogen (secondary N) is 1. The molecule has 0 amide bonds. The number of ether oxygens (including phenoxy) is 2. The fraction of sp³-hybridized carbons (Fsp3) is 0.667. The molecule has 0 aromatic carbocycles. The molecule has 1 aliphatic heterocycles. The Morgan fingerprint density at radius 3 is 2.06 bits per heavy atom. The molecule has 1 N–H and O–H groups in total. The summed E-state index contributed by atoms with van der Waals surface area (Å²) < 4.78 is 10.0. The summed E-state index contributed by atoms with van der Waals surface area (Å²) in [6.45, 7) is 3.60. The average Bonchev–Trinajstić information content (AvgIpc) is 2.39. The largest absolute Gasteiger partial charge is 0.467 e. The summed E-state index contributed by atoms with van der Waals surface area (Å²) in [5, 5.41) is 3.27. The molecule has 1 fully saturated rings. The minimum absolute atomic E-state index is 0.278. The second-order valence-corrected chi connectivity index (χ2v) is 3.35. The number of aromatic nitrogens is 3. The van der Waals surface area contributed by atoms with Crippen molar-refractivity contribution in [1.29, 1.82) is 0 Å². The molecule has 7 nitrogen and oxygen atoms in total. The lowest BCUT2D eigenvalue weighted by Gasteiger charge is -2.27. The Bertz CT molecular complexity index is 332. The highest BCUT2D eigenvalue weighted by Crippen LogP contribution is 2.15. The van der Waals surface area contributed by atoms with Crippen LogP contribution in [-0.4, -0.2) is 55.4 Å². The van der Waals surface area contributed by atoms with Crippen LogP contribution in [0.15, 0.2) is 0 Å². The summed E-state index contributed by atoms with van der Waals surface area (Å²) in [5.74, 6) is 0.602. The lowest BCUT2D eigenvalue weighted by molar-refractivity contribution is 0.339. The van der Waals surface area contributed by atoms with Gasteiger partial charge in [-0.1, -0.05) is 0 Å². The SMILES string of the molecule is COc1nc(OC)nc(N2CCNCC2)n1. The molecule has 2 heterocycles. The first-order chi connectivity index (χ1) is 7.83. The van der Waals surface area contributed by atoms with Crippen molar-refractivity contribution >= 4 is 5.95 Å². The number of anilines is 1. The molecule has 7 heteroatoms. The first-order valence-electron chi connectivity index (χ1n) is 5.13. The van der Waals surface area contributed by atoms with Gasteiger partial charge in [-0.3, -0.25) is 0 Å². The third kappa shape index (κ3) is 2.30. The minimum Gasteiger partial charge on any atom is -0.467 e. The molecule has 0 aliphatic carbocycles. The lowest BCUT2D eigenvalue weighted by atomic mass is 10.4. The van der Waals surface area contributed by atoms with Gasteiger partial charge in [0.25, 0.3) is 0 Å². The molecule has 1 aromatic heterocycles. The van der Waals surface area contributed by atoms with E-state index in [1.54, 1.807) is 0 Å². The van der Waals surface area contributed by atoms with Crippen molar-refractivity contribution < 1.29 is 9.47 Å². The van der Waals surface area contributed by atoms with E-state index in [0.29, 0.717) is 5.95 Å². The van der Waals surface area contributed by atoms with Crippen LogP contribution in [0.25, 0.3) is 0 Å². The highest BCUT2D eigenvalue weighted by Gasteiger charge is 2.16. The van der Waals surface area contributed by atoms with Crippen LogP contribution in [0.4, 0.5) is 5.95 Å². The number of rotatable bonds is 3. The van der Waals surface area contributed by atoms with Crippen molar-refractivity contribution in [3.8, 4) is 12.0 Å². The van der Waals surface area contributed by atoms with Gasteiger partial charge < -0.3 is 19.7 Å². The average molecular weight is 225 g/mol. The van der Waals surface area contributed by atoms with Gasteiger partial charge in [0.15, 0.2) is 0 Å². The standard InChI is InChI=1S/C9H15N5O2/c1-15-8-11-7(12-9(13-8)16-2)14-5-3-10-4-6-14/h10H,3-6H2,1-2H3. The maximum atomic E-state index is 5.00. The first-order valence-corrected chi connectivity index (χ1v) is 5.13. The van der Waals surface area contributed by atoms with Gasteiger partial charge in [0, 0.05) is 26.2 Å². The molecule has 0 saturated carbocycles. The van der Waals surface area contributed by atoms with E-state index >= 15 is 0 Å². The smallest absolute Gasteiger partial charge is 0.324 e. The van der Waals surface area contributed by atoms with E-state index < -0.39 is 0 Å². The number of piperazine rings is 1. The third-order valence-electron chi connectivity index (χ3n) is 2.35. The number of nitrogens with zero attached hydrogens (tertiary/aromatic N) is 4. The van der Waals surface area contributed by atoms with E-state index in [4.69, 9.17) is 9.47 Å². The van der Waals surface area contributed by atoms with Gasteiger partial charge in [0.2, 0.25) is 5.95 Å². The zero-order valence-corrected chi connectivity index (χ0v) is 9.43. The van der Waals surface area contributed by atoms with Gasteiger partial charge in [-0.25, -0.2) is 0 Å². The van der Waals surface area contributed by atoms with Gasteiger partial charge >= 0.3 is 12.0 Å². The lowest BCUT2D eigenvalue weighted by Crippen LogP contribution is -2.44. The van der Waals surface area contributed by atoms with Crippen LogP contribution < -0.4 is 19.7 Å². The molecule has 0 spiro atoms. The van der Waals surface area contributed by atoms with Crippen LogP contribution in [-0.2, 0) is 0 Å². The monoisotopic (exact) mass is 225 g/mol. The van der Waals surface area contributed by atoms with Gasteiger partial charge in [-0.15, -0.1) is 4.98 Å². The van der Waals surface area contributed by atoms with Gasteiger partial charge in [-0.2, -0.15) is 9.97 Å². The number of hydrogen-bond acceptors (Lipinski definition) is 7. The Morgan fingerprint density at radius 1 is 1.00 bits per heavy atom. The zero-order valence-electron chi connectivity index (χ0n) is 9.43. The second-order valence-electron chi connectivity index (χ2n) is 3.35. The van der Waals surface area contributed by atoms with Crippen LogP contribution in [0, 0.1) is 0 Å². The molecule has 2 rings (SSSR count). The highest BCUT2D eigenvalue weighted by molar-refractivity contribution is 5.32. The van der Waals surface area contributed by atoms with Gasteiger partial charge in [0.05, 0.1) is 14.2 Å². The Kier molecular flexibility index (Phi) is 3.35. The van der Waals surface area contributed by atoms with E-state index in [9.17, 15) is 0 Å². The van der Waals surface area contributed by atoms with Crippen molar-refractivity contribution in [2.45, 2.75) is 0 Å². The summed E-state index contributed by atoms with van der Waals surface area (Å²) in [5.41, 5.74) is 0. The van der Waals surface area contributed by atoms with E-state index in [1.807, 2.05) is 0 Å². The quantitative estimate of drug-likeness (QED) is 0.729. The Hall–Kier alpha value is -1.63. The molecular formula is C9H15N5O2. The molecule has 0 radical (unpaired) electrons. The topological polar surface area (TPSA) is 72.4 Å². The predicted octanol–water partition coefficient (Wildman–Crippen LogP) is -0.702. The van der Waals surface area contributed by atoms with Crippen molar-refractivity contribution in [2.75, 3.05) is 45.3 Å². The van der Waals surface area contributed by atoms with Crippen LogP contribution >= 0.6 is 0 Å². The summed E-state index contributed by atoms with van der Waals surface area (Å²) >= 11 is 0. The van der Waals surface area contributed by atoms with E-state index in [-0.39, 0.29) is 12.0 Å². The molecule has 16 heavy (non-hydrogen) atoms. The molecule has 1 saturated heterocycles. The molecule has 0 unspecified atom stereocenters. The fourth-order valence-electron chi connectivity index (χ4n) is 1.52. The molecule has 1 aliphatic rings. The van der Waals surface area contributed by atoms with Crippen LogP contribution in [0.5, 0.6) is 12.0 Å². The molecular weight excluding hydrogens is 210 g/mol. The summed E-state index contributed by atoms with van der Waals surface area (Å²) in [4.78, 5) is 14.4. The molecule has 1 aromatic rings. The van der Waals surface area contributed by atoms with E-state index in [0.717, 1.165) is 26.2 Å². The maximum Gasteiger partial charge on any atom is 0.324 e. The summed E-state index contributed by atoms with van der Waals surface area (Å²) in [6.07, 6.45) is 0. The Labute approximate surface area is 93.8 Å². The highest BCUT2D eigenvalue weighted by atomic mass is 16.5. The Balaban J connectivity index is 2.24. The first kappa shape index (κ1) is 10.9. The molecule has 88 valence electrons. The zero-order chi connectivity index (χ0) is 11.4. The summed E-state index contributed by atoms with van der Waals surface area (Å²) in [7, 11) is 3.05. The summed E-state index contributed by atoms with van der Waals surface area (Å²) in [6, 6.07) is 0.556. The van der Waals surface area contributed by atoms with Gasteiger partial charge in [0.1, 0.15) is 0 Å². The van der Waals surface area contributed by atoms with Crippen molar-refractivity contribution in [2.24, 2.45) is 0 Å². The van der Waals surface area contributed by atoms with E-state index in [1.165, 1.54) is 14.2 Å². The van der Waals surface area contributed by atoms with E-state index in [2.05, 4.69) is 25.2 Å². The van der Waals surface area contributed by atoms with Crippen molar-refractivity contribution in [3.05, 3.63) is 0 Å².